The van der Waals surface area contributed by atoms with Gasteiger partial charge in [-0.25, -0.2) is 0 Å². The van der Waals surface area contributed by atoms with Crippen LogP contribution in [0.2, 0.25) is 0 Å². The number of guanidine groups is 1. The second-order valence-electron chi connectivity index (χ2n) is 7.33. The Kier molecular flexibility index (Phi) is 10.4. The van der Waals surface area contributed by atoms with Crippen molar-refractivity contribution in [3.8, 4) is 0 Å². The van der Waals surface area contributed by atoms with E-state index in [-0.39, 0.29) is 0 Å². The fraction of sp³-hybridized carbons (Fsp3) is 0.571. The molecule has 0 bridgehead atoms. The standard InChI is InChI=1S/C21H34N6S2/c1-16(2)15-27-19(25-26-21(27)28-5)12-9-13-23-20(22-4)24-14-17(3)29-18-10-7-6-8-11-18/h6-8,10-11,16-17H,9,12-15H2,1-5H3,(H2,22,23,24). The summed E-state index contributed by atoms with van der Waals surface area (Å²) in [7, 11) is 1.81. The zero-order valence-electron chi connectivity index (χ0n) is 18.2. The maximum absolute atomic E-state index is 4.39. The van der Waals surface area contributed by atoms with E-state index in [1.54, 1.807) is 11.8 Å². The van der Waals surface area contributed by atoms with Crippen molar-refractivity contribution in [2.45, 2.75) is 55.5 Å². The van der Waals surface area contributed by atoms with Crippen molar-refractivity contribution < 1.29 is 0 Å². The molecule has 0 fully saturated rings. The van der Waals surface area contributed by atoms with Gasteiger partial charge in [-0.15, -0.1) is 22.0 Å². The van der Waals surface area contributed by atoms with E-state index in [1.807, 2.05) is 24.9 Å². The van der Waals surface area contributed by atoms with Crippen LogP contribution in [0.25, 0.3) is 0 Å². The summed E-state index contributed by atoms with van der Waals surface area (Å²) in [4.78, 5) is 5.63. The van der Waals surface area contributed by atoms with Crippen molar-refractivity contribution >= 4 is 29.5 Å². The van der Waals surface area contributed by atoms with Crippen LogP contribution in [0.4, 0.5) is 0 Å². The molecule has 1 aromatic carbocycles. The summed E-state index contributed by atoms with van der Waals surface area (Å²) in [6.45, 7) is 9.35. The van der Waals surface area contributed by atoms with Crippen LogP contribution in [0.1, 0.15) is 33.0 Å². The number of rotatable bonds is 11. The first kappa shape index (κ1) is 23.6. The Morgan fingerprint density at radius 1 is 1.14 bits per heavy atom. The van der Waals surface area contributed by atoms with Crippen molar-refractivity contribution in [1.29, 1.82) is 0 Å². The minimum atomic E-state index is 0.454. The van der Waals surface area contributed by atoms with Crippen LogP contribution < -0.4 is 10.6 Å². The SMILES string of the molecule is CN=C(NCCCc1nnc(SC)n1CC(C)C)NCC(C)Sc1ccccc1. The average Bonchev–Trinajstić information content (AvgIpc) is 3.09. The molecule has 2 rings (SSSR count). The Bertz CT molecular complexity index is 745. The van der Waals surface area contributed by atoms with Crippen molar-refractivity contribution in [3.63, 3.8) is 0 Å². The maximum Gasteiger partial charge on any atom is 0.191 e. The molecule has 2 aromatic rings. The van der Waals surface area contributed by atoms with E-state index < -0.39 is 0 Å². The van der Waals surface area contributed by atoms with Gasteiger partial charge in [0, 0.05) is 43.2 Å². The third kappa shape index (κ3) is 8.30. The molecule has 0 saturated carbocycles. The van der Waals surface area contributed by atoms with Gasteiger partial charge in [0.1, 0.15) is 5.82 Å². The molecule has 1 atom stereocenters. The fourth-order valence-corrected chi connectivity index (χ4v) is 4.36. The highest BCUT2D eigenvalue weighted by molar-refractivity contribution is 8.00. The zero-order chi connectivity index (χ0) is 21.1. The van der Waals surface area contributed by atoms with Crippen LogP contribution in [0.3, 0.4) is 0 Å². The van der Waals surface area contributed by atoms with Gasteiger partial charge >= 0.3 is 0 Å². The quantitative estimate of drug-likeness (QED) is 0.242. The minimum absolute atomic E-state index is 0.454. The highest BCUT2D eigenvalue weighted by Crippen LogP contribution is 2.21. The van der Waals surface area contributed by atoms with Crippen molar-refractivity contribution in [2.24, 2.45) is 10.9 Å². The van der Waals surface area contributed by atoms with Crippen LogP contribution in [0, 0.1) is 5.92 Å². The van der Waals surface area contributed by atoms with Crippen LogP contribution in [-0.2, 0) is 13.0 Å². The van der Waals surface area contributed by atoms with Crippen LogP contribution >= 0.6 is 23.5 Å². The minimum Gasteiger partial charge on any atom is -0.356 e. The molecule has 29 heavy (non-hydrogen) atoms. The molecule has 0 aliphatic heterocycles. The molecule has 1 aromatic heterocycles. The first-order valence-electron chi connectivity index (χ1n) is 10.2. The number of hydrogen-bond acceptors (Lipinski definition) is 5. The molecule has 1 unspecified atom stereocenters. The Morgan fingerprint density at radius 2 is 1.90 bits per heavy atom. The van der Waals surface area contributed by atoms with Crippen molar-refractivity contribution in [3.05, 3.63) is 36.2 Å². The summed E-state index contributed by atoms with van der Waals surface area (Å²) in [5.41, 5.74) is 0. The molecule has 8 heteroatoms. The third-order valence-corrected chi connectivity index (χ3v) is 6.03. The Labute approximate surface area is 183 Å². The van der Waals surface area contributed by atoms with E-state index in [9.17, 15) is 0 Å². The van der Waals surface area contributed by atoms with E-state index >= 15 is 0 Å². The van der Waals surface area contributed by atoms with Crippen molar-refractivity contribution in [2.75, 3.05) is 26.4 Å². The molecular weight excluding hydrogens is 400 g/mol. The molecule has 2 N–H and O–H groups in total. The lowest BCUT2D eigenvalue weighted by atomic mass is 10.2. The third-order valence-electron chi connectivity index (χ3n) is 4.25. The molecular formula is C21H34N6S2. The van der Waals surface area contributed by atoms with Crippen molar-refractivity contribution in [1.82, 2.24) is 25.4 Å². The molecule has 0 aliphatic rings. The van der Waals surface area contributed by atoms with Gasteiger partial charge in [0.15, 0.2) is 11.1 Å². The number of aromatic nitrogens is 3. The predicted molar refractivity (Wildman–Crippen MR) is 126 cm³/mol. The first-order chi connectivity index (χ1) is 14.0. The molecule has 160 valence electrons. The first-order valence-corrected chi connectivity index (χ1v) is 12.3. The van der Waals surface area contributed by atoms with Gasteiger partial charge in [0.25, 0.3) is 0 Å². The Balaban J connectivity index is 1.73. The Morgan fingerprint density at radius 3 is 2.55 bits per heavy atom. The van der Waals surface area contributed by atoms with Gasteiger partial charge in [-0.1, -0.05) is 50.7 Å². The summed E-state index contributed by atoms with van der Waals surface area (Å²) in [6.07, 6.45) is 3.95. The normalized spacial score (nSPS) is 13.0. The molecule has 0 amide bonds. The number of nitrogens with one attached hydrogen (secondary N) is 2. The molecule has 0 spiro atoms. The largest absolute Gasteiger partial charge is 0.356 e. The second-order valence-corrected chi connectivity index (χ2v) is 9.62. The van der Waals surface area contributed by atoms with Crippen LogP contribution in [0.5, 0.6) is 0 Å². The number of aliphatic imine (C=N–C) groups is 1. The van der Waals surface area contributed by atoms with Gasteiger partial charge in [0.05, 0.1) is 0 Å². The number of thioether (sulfide) groups is 2. The van der Waals surface area contributed by atoms with Gasteiger partial charge in [-0.2, -0.15) is 0 Å². The number of aryl methyl sites for hydroxylation is 1. The monoisotopic (exact) mass is 434 g/mol. The molecule has 1 heterocycles. The number of nitrogens with zero attached hydrogens (tertiary/aromatic N) is 4. The lowest BCUT2D eigenvalue weighted by molar-refractivity contribution is 0.477. The van der Waals surface area contributed by atoms with Crippen LogP contribution in [0.15, 0.2) is 45.4 Å². The van der Waals surface area contributed by atoms with E-state index in [2.05, 4.69) is 81.7 Å². The molecule has 0 aliphatic carbocycles. The predicted octanol–water partition coefficient (Wildman–Crippen LogP) is 3.93. The topological polar surface area (TPSA) is 67.1 Å². The van der Waals surface area contributed by atoms with Crippen LogP contribution in [-0.4, -0.2) is 52.4 Å². The highest BCUT2D eigenvalue weighted by atomic mass is 32.2. The summed E-state index contributed by atoms with van der Waals surface area (Å²) in [5.74, 6) is 2.49. The molecule has 0 radical (unpaired) electrons. The van der Waals surface area contributed by atoms with Gasteiger partial charge in [0.2, 0.25) is 0 Å². The van der Waals surface area contributed by atoms with Gasteiger partial charge < -0.3 is 15.2 Å². The van der Waals surface area contributed by atoms with E-state index in [1.165, 1.54) is 4.90 Å². The lowest BCUT2D eigenvalue weighted by Crippen LogP contribution is -2.40. The number of benzene rings is 1. The van der Waals surface area contributed by atoms with E-state index in [0.717, 1.165) is 49.4 Å². The summed E-state index contributed by atoms with van der Waals surface area (Å²) in [6, 6.07) is 10.5. The molecule has 0 saturated heterocycles. The van der Waals surface area contributed by atoms with Gasteiger partial charge in [-0.3, -0.25) is 4.99 Å². The smallest absolute Gasteiger partial charge is 0.191 e. The summed E-state index contributed by atoms with van der Waals surface area (Å²) >= 11 is 3.53. The number of hydrogen-bond donors (Lipinski definition) is 2. The highest BCUT2D eigenvalue weighted by Gasteiger charge is 2.12. The summed E-state index contributed by atoms with van der Waals surface area (Å²) < 4.78 is 2.25. The van der Waals surface area contributed by atoms with E-state index in [0.29, 0.717) is 11.2 Å². The maximum atomic E-state index is 4.39. The summed E-state index contributed by atoms with van der Waals surface area (Å²) in [5, 5.41) is 17.0. The van der Waals surface area contributed by atoms with E-state index in [4.69, 9.17) is 0 Å². The fourth-order valence-electron chi connectivity index (χ4n) is 2.89. The molecule has 6 nitrogen and oxygen atoms in total. The van der Waals surface area contributed by atoms with Gasteiger partial charge in [-0.05, 0) is 30.7 Å². The Hall–Kier alpha value is -1.67. The zero-order valence-corrected chi connectivity index (χ0v) is 19.8. The average molecular weight is 435 g/mol. The lowest BCUT2D eigenvalue weighted by Gasteiger charge is -2.16. The second kappa shape index (κ2) is 12.8.